The molecule has 0 aromatic heterocycles. The minimum atomic E-state index is -2.27. The molecule has 8 fully saturated rings. The maximum atomic E-state index is 15.0. The van der Waals surface area contributed by atoms with E-state index in [0.29, 0.717) is 50.7 Å². The van der Waals surface area contributed by atoms with Crippen molar-refractivity contribution in [1.82, 2.24) is 0 Å². The molecule has 0 N–H and O–H groups in total. The number of fused-ring (bicyclic) bond motifs is 1. The third-order valence-corrected chi connectivity index (χ3v) is 35.3. The summed E-state index contributed by atoms with van der Waals surface area (Å²) in [7, 11) is -4.34. The van der Waals surface area contributed by atoms with Gasteiger partial charge in [0.1, 0.15) is 42.4 Å². The van der Waals surface area contributed by atoms with Gasteiger partial charge in [-0.3, -0.25) is 4.79 Å². The summed E-state index contributed by atoms with van der Waals surface area (Å²) < 4.78 is 83.1. The molecule has 470 valence electrons. The first-order valence-electron chi connectivity index (χ1n) is 32.0. The van der Waals surface area contributed by atoms with Crippen LogP contribution in [0.25, 0.3) is 0 Å². The van der Waals surface area contributed by atoms with Crippen molar-refractivity contribution in [2.75, 3.05) is 20.3 Å². The third kappa shape index (κ3) is 15.8. The molecule has 6 bridgehead atoms. The normalized spacial score (nSPS) is 34.6. The van der Waals surface area contributed by atoms with Crippen molar-refractivity contribution >= 4 is 52.6 Å². The van der Waals surface area contributed by atoms with Crippen LogP contribution in [0, 0.1) is 11.8 Å². The van der Waals surface area contributed by atoms with Gasteiger partial charge >= 0.3 is 5.97 Å². The Labute approximate surface area is 511 Å². The molecule has 8 aliphatic rings. The van der Waals surface area contributed by atoms with Crippen molar-refractivity contribution in [3.63, 3.8) is 0 Å². The lowest BCUT2D eigenvalue weighted by molar-refractivity contribution is -0.278. The number of carbonyl (C=O) groups is 2. The molecule has 14 nitrogen and oxygen atoms in total. The minimum Gasteiger partial charge on any atom is -0.458 e. The van der Waals surface area contributed by atoms with Gasteiger partial charge in [0.15, 0.2) is 30.7 Å². The number of ether oxygens (including phenoxy) is 9. The number of methoxy groups -OCH3 is 1. The predicted molar refractivity (Wildman–Crippen MR) is 335 cm³/mol. The average molecular weight is 1280 g/mol. The highest BCUT2D eigenvalue weighted by Crippen LogP contribution is 2.54. The lowest BCUT2D eigenvalue weighted by Gasteiger charge is -2.47. The second-order valence-electron chi connectivity index (χ2n) is 28.6. The maximum Gasteiger partial charge on any atom is 0.338 e. The van der Waals surface area contributed by atoms with Crippen LogP contribution in [0.2, 0.25) is 54.4 Å². The molecule has 0 amide bonds. The molecule has 1 unspecified atom stereocenters. The van der Waals surface area contributed by atoms with Crippen LogP contribution in [0.15, 0.2) is 53.0 Å². The molecule has 83 heavy (non-hydrogen) atoms. The summed E-state index contributed by atoms with van der Waals surface area (Å²) in [6.07, 6.45) is 4.85. The van der Waals surface area contributed by atoms with Crippen molar-refractivity contribution < 1.29 is 65.5 Å². The second kappa shape index (κ2) is 27.7. The summed E-state index contributed by atoms with van der Waals surface area (Å²) in [4.78, 5) is 28.0. The van der Waals surface area contributed by atoms with Gasteiger partial charge in [-0.1, -0.05) is 117 Å². The number of benzene rings is 1. The molecule has 8 heterocycles. The van der Waals surface area contributed by atoms with Crippen LogP contribution < -0.4 is 0 Å². The van der Waals surface area contributed by atoms with Gasteiger partial charge in [-0.15, -0.1) is 0 Å². The Morgan fingerprint density at radius 1 is 0.783 bits per heavy atom. The predicted octanol–water partition coefficient (Wildman–Crippen LogP) is 14.3. The van der Waals surface area contributed by atoms with Crippen molar-refractivity contribution in [3.05, 3.63) is 58.6 Å². The largest absolute Gasteiger partial charge is 0.458 e. The number of ketones is 1. The highest BCUT2D eigenvalue weighted by atomic mass is 79.9. The standard InChI is InChI=1S/C65H107BrO14Si3/c1-18-46(74-62(68)43-26-23-22-24-27-43)33-44(66)38-65-39-55-58(78-65)59-60(77-55)61(79-65)57-51(76-59)30-29-48(73-57)34-45(67)35-50-53(37-52-42(6)41(5)32-47(72-52)28-25-31-70-83(19-2,20-3)21-4)75-54(56(50)69-13)36-49(80-82(16,17)64(10,11)12)40-71-81(14,15)63(7,8)9/h22-24,26-27,38,41,46-61H,6,18-21,25,28-37,39-40H2,1-5,7-17H3/t41-,46?,47+,48-,49+,50+,51+,52-,53+,54-,55-,56-,57+,58+,59+,60-,61+,65-/m1/s1. The first-order valence-corrected chi connectivity index (χ1v) is 41.2. The molecule has 9 rings (SSSR count). The number of hydrogen-bond acceptors (Lipinski definition) is 14. The molecule has 0 radical (unpaired) electrons. The van der Waals surface area contributed by atoms with Gasteiger partial charge in [-0.25, -0.2) is 4.79 Å². The minimum absolute atomic E-state index is 0.0199. The molecule has 1 aromatic rings. The SMILES string of the molecule is C=C1[C@H](C)C[C@H](CCCO[Si](CC)(CC)CC)O[C@@H]1C[C@@H]1O[C@H](C[C@@H](CO[Si](C)(C)C(C)(C)C)O[Si](C)(C)C(C)(C)C)[C@H](OC)[C@H]1CC(=O)C[C@H]1CC[C@@H]2O[C@@H]3[C@H]4O[C@@H]5C[C@@](C=C(Br)CC(CC)OC(=O)c6ccccc6)(O[C@H]4[C@H]2O1)O[C@H]35. The van der Waals surface area contributed by atoms with Gasteiger partial charge in [0.2, 0.25) is 0 Å². The van der Waals surface area contributed by atoms with Gasteiger partial charge < -0.3 is 55.9 Å². The zero-order chi connectivity index (χ0) is 60.5. The molecular formula is C65H107BrO14Si3. The molecule has 18 heteroatoms. The number of halogens is 1. The van der Waals surface area contributed by atoms with Crippen LogP contribution in [0.5, 0.6) is 0 Å². The van der Waals surface area contributed by atoms with Gasteiger partial charge in [0.25, 0.3) is 0 Å². The summed E-state index contributed by atoms with van der Waals surface area (Å²) in [5, 5.41) is 0.00821. The van der Waals surface area contributed by atoms with E-state index >= 15 is 0 Å². The Morgan fingerprint density at radius 2 is 1.45 bits per heavy atom. The zero-order valence-electron chi connectivity index (χ0n) is 53.6. The van der Waals surface area contributed by atoms with Crippen LogP contribution in [-0.4, -0.2) is 154 Å². The van der Waals surface area contributed by atoms with Crippen molar-refractivity contribution in [2.45, 2.75) is 305 Å². The Hall–Kier alpha value is -1.47. The number of esters is 1. The van der Waals surface area contributed by atoms with Gasteiger partial charge in [-0.2, -0.15) is 0 Å². The molecule has 8 aliphatic heterocycles. The molecule has 0 aliphatic carbocycles. The van der Waals surface area contributed by atoms with E-state index < -0.39 is 42.9 Å². The van der Waals surface area contributed by atoms with E-state index in [4.69, 9.17) is 55.9 Å². The quantitative estimate of drug-likeness (QED) is 0.0339. The van der Waals surface area contributed by atoms with Crippen molar-refractivity contribution in [2.24, 2.45) is 11.8 Å². The zero-order valence-corrected chi connectivity index (χ0v) is 58.2. The molecule has 18 atom stereocenters. The highest BCUT2D eigenvalue weighted by Gasteiger charge is 2.68. The molecule has 8 saturated heterocycles. The van der Waals surface area contributed by atoms with Gasteiger partial charge in [0.05, 0.1) is 67.1 Å². The van der Waals surface area contributed by atoms with E-state index in [1.165, 1.54) is 0 Å². The van der Waals surface area contributed by atoms with Crippen LogP contribution in [0.3, 0.4) is 0 Å². The Balaban J connectivity index is 0.984. The van der Waals surface area contributed by atoms with Gasteiger partial charge in [0, 0.05) is 62.6 Å². The van der Waals surface area contributed by atoms with E-state index in [-0.39, 0.29) is 126 Å². The number of Topliss-reactive ketones (excluding diaryl/α,β-unsaturated/α-hetero) is 1. The topological polar surface area (TPSA) is 145 Å². The fourth-order valence-corrected chi connectivity index (χ4v) is 19.3. The monoisotopic (exact) mass is 1270 g/mol. The van der Waals surface area contributed by atoms with Crippen LogP contribution in [-0.2, 0) is 60.7 Å². The average Bonchev–Trinajstić information content (AvgIpc) is 2.56. The Kier molecular flexibility index (Phi) is 22.5. The number of rotatable bonds is 28. The third-order valence-electron chi connectivity index (χ3n) is 21.0. The fourth-order valence-electron chi connectivity index (χ4n) is 13.6. The second-order valence-corrected chi connectivity index (χ2v) is 44.0. The van der Waals surface area contributed by atoms with E-state index in [1.54, 1.807) is 19.2 Å². The van der Waals surface area contributed by atoms with E-state index in [2.05, 4.69) is 118 Å². The number of hydrogen-bond donors (Lipinski definition) is 0. The first-order chi connectivity index (χ1) is 39.1. The van der Waals surface area contributed by atoms with Crippen LogP contribution >= 0.6 is 15.9 Å². The lowest BCUT2D eigenvalue weighted by Crippen LogP contribution is -2.61. The molecule has 0 spiro atoms. The maximum absolute atomic E-state index is 15.0. The molecular weight excluding hydrogens is 1170 g/mol. The molecule has 0 saturated carbocycles. The van der Waals surface area contributed by atoms with E-state index in [9.17, 15) is 9.59 Å². The van der Waals surface area contributed by atoms with Gasteiger partial charge in [-0.05, 0) is 123 Å². The van der Waals surface area contributed by atoms with E-state index in [1.807, 2.05) is 31.2 Å². The van der Waals surface area contributed by atoms with Crippen molar-refractivity contribution in [1.29, 1.82) is 0 Å². The lowest BCUT2D eigenvalue weighted by atomic mass is 9.81. The fraction of sp³-hybridized carbons (Fsp3) is 0.815. The summed E-state index contributed by atoms with van der Waals surface area (Å²) >= 11 is 3.82. The summed E-state index contributed by atoms with van der Waals surface area (Å²) in [6, 6.07) is 12.5. The smallest absolute Gasteiger partial charge is 0.338 e. The highest BCUT2D eigenvalue weighted by molar-refractivity contribution is 9.11. The Bertz CT molecular complexity index is 2350. The first kappa shape index (κ1) is 67.5. The summed E-state index contributed by atoms with van der Waals surface area (Å²) in [5.74, 6) is -1.33. The van der Waals surface area contributed by atoms with Crippen LogP contribution in [0.4, 0.5) is 0 Å². The van der Waals surface area contributed by atoms with Crippen LogP contribution in [0.1, 0.15) is 164 Å². The molecule has 1 aromatic carbocycles. The van der Waals surface area contributed by atoms with Crippen molar-refractivity contribution in [3.8, 4) is 0 Å². The summed E-state index contributed by atoms with van der Waals surface area (Å²) in [5.41, 5.74) is 1.60. The Morgan fingerprint density at radius 3 is 2.10 bits per heavy atom. The number of carbonyl (C=O) groups excluding carboxylic acids is 2. The summed E-state index contributed by atoms with van der Waals surface area (Å²) in [6.45, 7) is 39.9. The van der Waals surface area contributed by atoms with E-state index in [0.717, 1.165) is 60.5 Å².